The summed E-state index contributed by atoms with van der Waals surface area (Å²) in [5.41, 5.74) is -0.429. The van der Waals surface area contributed by atoms with Gasteiger partial charge in [-0.25, -0.2) is 8.42 Å². The van der Waals surface area contributed by atoms with Crippen molar-refractivity contribution >= 4 is 21.6 Å². The minimum Gasteiger partial charge on any atom is -0.354 e. The van der Waals surface area contributed by atoms with E-state index >= 15 is 0 Å². The summed E-state index contributed by atoms with van der Waals surface area (Å²) in [5.74, 6) is 0.267. The maximum absolute atomic E-state index is 12.8. The summed E-state index contributed by atoms with van der Waals surface area (Å²) in [6, 6.07) is 4.98. The lowest BCUT2D eigenvalue weighted by molar-refractivity contribution is -0.387. The molecule has 0 bridgehead atoms. The van der Waals surface area contributed by atoms with Gasteiger partial charge in [-0.05, 0) is 18.9 Å². The molecule has 1 fully saturated rings. The molecule has 27 heavy (non-hydrogen) atoms. The van der Waals surface area contributed by atoms with Crippen LogP contribution in [0.15, 0.2) is 29.2 Å². The fourth-order valence-corrected chi connectivity index (χ4v) is 4.49. The lowest BCUT2D eigenvalue weighted by Gasteiger charge is -2.36. The summed E-state index contributed by atoms with van der Waals surface area (Å²) >= 11 is 0. The van der Waals surface area contributed by atoms with Gasteiger partial charge in [0, 0.05) is 38.8 Å². The monoisotopic (exact) mass is 398 g/mol. The molecule has 0 aliphatic carbocycles. The number of nitrogens with zero attached hydrogens (tertiary/aromatic N) is 3. The first-order valence-corrected chi connectivity index (χ1v) is 10.3. The second kappa shape index (κ2) is 8.77. The van der Waals surface area contributed by atoms with Crippen molar-refractivity contribution in [1.82, 2.24) is 14.5 Å². The van der Waals surface area contributed by atoms with Crippen LogP contribution in [-0.4, -0.2) is 67.2 Å². The van der Waals surface area contributed by atoms with Crippen molar-refractivity contribution in [2.45, 2.75) is 31.7 Å². The van der Waals surface area contributed by atoms with Gasteiger partial charge in [-0.2, -0.15) is 4.31 Å². The van der Waals surface area contributed by atoms with Crippen molar-refractivity contribution in [3.63, 3.8) is 0 Å². The highest BCUT2D eigenvalue weighted by Gasteiger charge is 2.35. The van der Waals surface area contributed by atoms with Crippen molar-refractivity contribution in [1.29, 1.82) is 0 Å². The number of rotatable bonds is 7. The molecule has 2 rings (SSSR count). The van der Waals surface area contributed by atoms with Crippen LogP contribution in [0.1, 0.15) is 20.8 Å². The number of piperazine rings is 1. The van der Waals surface area contributed by atoms with Gasteiger partial charge >= 0.3 is 0 Å². The molecule has 0 radical (unpaired) electrons. The zero-order valence-corrected chi connectivity index (χ0v) is 16.6. The Bertz CT molecular complexity index is 788. The maximum Gasteiger partial charge on any atom is 0.289 e. The number of sulfonamides is 1. The Morgan fingerprint density at radius 2 is 1.78 bits per heavy atom. The van der Waals surface area contributed by atoms with Crippen molar-refractivity contribution in [3.05, 3.63) is 34.4 Å². The molecule has 0 unspecified atom stereocenters. The molecule has 1 saturated heterocycles. The van der Waals surface area contributed by atoms with Gasteiger partial charge in [0.2, 0.25) is 15.9 Å². The van der Waals surface area contributed by atoms with Crippen molar-refractivity contribution in [2.75, 3.05) is 32.7 Å². The van der Waals surface area contributed by atoms with Gasteiger partial charge in [0.25, 0.3) is 5.69 Å². The van der Waals surface area contributed by atoms with E-state index in [2.05, 4.69) is 5.32 Å². The molecular weight excluding hydrogens is 372 g/mol. The Morgan fingerprint density at radius 1 is 1.19 bits per heavy atom. The number of benzene rings is 1. The lowest BCUT2D eigenvalue weighted by Crippen LogP contribution is -2.55. The first kappa shape index (κ1) is 21.3. The largest absolute Gasteiger partial charge is 0.354 e. The molecule has 1 heterocycles. The molecule has 9 nitrogen and oxygen atoms in total. The molecule has 1 N–H and O–H groups in total. The van der Waals surface area contributed by atoms with Crippen LogP contribution in [-0.2, 0) is 14.8 Å². The standard InChI is InChI=1S/C17H26N4O5S/c1-13(2)12-18-17(22)14(3)19-8-10-20(11-9-19)27(25,26)16-7-5-4-6-15(16)21(23)24/h4-7,13-14H,8-12H2,1-3H3,(H,18,22)/t14-/m0/s1. The number of nitrogens with one attached hydrogen (secondary N) is 1. The summed E-state index contributed by atoms with van der Waals surface area (Å²) in [7, 11) is -3.96. The van der Waals surface area contributed by atoms with Crippen LogP contribution >= 0.6 is 0 Å². The zero-order valence-electron chi connectivity index (χ0n) is 15.8. The minimum absolute atomic E-state index is 0.0845. The summed E-state index contributed by atoms with van der Waals surface area (Å²) < 4.78 is 26.9. The van der Waals surface area contributed by atoms with Gasteiger partial charge < -0.3 is 5.32 Å². The number of amides is 1. The molecule has 1 aliphatic heterocycles. The van der Waals surface area contributed by atoms with Crippen LogP contribution in [0.2, 0.25) is 0 Å². The van der Waals surface area contributed by atoms with E-state index in [1.807, 2.05) is 18.7 Å². The molecule has 1 aliphatic rings. The van der Waals surface area contributed by atoms with Gasteiger partial charge in [-0.1, -0.05) is 26.0 Å². The number of para-hydroxylation sites is 1. The Kier molecular flexibility index (Phi) is 6.90. The van der Waals surface area contributed by atoms with E-state index in [1.165, 1.54) is 28.6 Å². The zero-order chi connectivity index (χ0) is 20.2. The molecule has 1 atom stereocenters. The number of hydrogen-bond donors (Lipinski definition) is 1. The third kappa shape index (κ3) is 5.02. The van der Waals surface area contributed by atoms with E-state index in [1.54, 1.807) is 6.92 Å². The summed E-state index contributed by atoms with van der Waals surface area (Å²) in [6.45, 7) is 7.53. The number of carbonyl (C=O) groups is 1. The number of nitro groups is 1. The smallest absolute Gasteiger partial charge is 0.289 e. The predicted molar refractivity (Wildman–Crippen MR) is 101 cm³/mol. The molecule has 0 saturated carbocycles. The Labute approximate surface area is 159 Å². The quantitative estimate of drug-likeness (QED) is 0.543. The molecular formula is C17H26N4O5S. The highest BCUT2D eigenvalue weighted by molar-refractivity contribution is 7.89. The predicted octanol–water partition coefficient (Wildman–Crippen LogP) is 1.06. The fourth-order valence-electron chi connectivity index (χ4n) is 2.91. The topological polar surface area (TPSA) is 113 Å². The van der Waals surface area contributed by atoms with Crippen molar-refractivity contribution in [2.24, 2.45) is 5.92 Å². The van der Waals surface area contributed by atoms with E-state index in [9.17, 15) is 23.3 Å². The molecule has 0 spiro atoms. The average Bonchev–Trinajstić information content (AvgIpc) is 2.65. The second-order valence-corrected chi connectivity index (χ2v) is 8.89. The first-order valence-electron chi connectivity index (χ1n) is 8.90. The van der Waals surface area contributed by atoms with Gasteiger partial charge in [0.05, 0.1) is 11.0 Å². The molecule has 1 amide bonds. The third-order valence-electron chi connectivity index (χ3n) is 4.56. The highest BCUT2D eigenvalue weighted by atomic mass is 32.2. The Hall–Kier alpha value is -2.04. The van der Waals surface area contributed by atoms with Crippen molar-refractivity contribution in [3.8, 4) is 0 Å². The van der Waals surface area contributed by atoms with Crippen LogP contribution in [0.3, 0.4) is 0 Å². The van der Waals surface area contributed by atoms with Crippen LogP contribution < -0.4 is 5.32 Å². The minimum atomic E-state index is -3.96. The van der Waals surface area contributed by atoms with Crippen LogP contribution in [0.5, 0.6) is 0 Å². The summed E-state index contributed by atoms with van der Waals surface area (Å²) in [5, 5.41) is 14.0. The van der Waals surface area contributed by atoms with E-state index in [-0.39, 0.29) is 29.9 Å². The molecule has 1 aromatic carbocycles. The number of nitro benzene ring substituents is 1. The van der Waals surface area contributed by atoms with E-state index < -0.39 is 20.6 Å². The van der Waals surface area contributed by atoms with E-state index in [4.69, 9.17) is 0 Å². The van der Waals surface area contributed by atoms with Crippen LogP contribution in [0, 0.1) is 16.0 Å². The van der Waals surface area contributed by atoms with Crippen molar-refractivity contribution < 1.29 is 18.1 Å². The third-order valence-corrected chi connectivity index (χ3v) is 6.51. The van der Waals surface area contributed by atoms with Gasteiger partial charge in [-0.15, -0.1) is 0 Å². The van der Waals surface area contributed by atoms with E-state index in [0.717, 1.165) is 0 Å². The first-order chi connectivity index (χ1) is 12.6. The number of hydrogen-bond acceptors (Lipinski definition) is 6. The van der Waals surface area contributed by atoms with E-state index in [0.29, 0.717) is 25.6 Å². The van der Waals surface area contributed by atoms with Gasteiger partial charge in [0.15, 0.2) is 4.90 Å². The average molecular weight is 398 g/mol. The molecule has 150 valence electrons. The Morgan fingerprint density at radius 3 is 2.33 bits per heavy atom. The Balaban J connectivity index is 2.05. The van der Waals surface area contributed by atoms with Crippen LogP contribution in [0.4, 0.5) is 5.69 Å². The van der Waals surface area contributed by atoms with Gasteiger partial charge in [0.1, 0.15) is 0 Å². The molecule has 1 aromatic rings. The molecule has 10 heteroatoms. The second-order valence-electron chi connectivity index (χ2n) is 6.98. The SMILES string of the molecule is CC(C)CNC(=O)[C@H](C)N1CCN(S(=O)(=O)c2ccccc2[N+](=O)[O-])CC1. The number of carbonyl (C=O) groups excluding carboxylic acids is 1. The summed E-state index contributed by atoms with van der Waals surface area (Å²) in [6.07, 6.45) is 0. The lowest BCUT2D eigenvalue weighted by atomic mass is 10.2. The fraction of sp³-hybridized carbons (Fsp3) is 0.588. The molecule has 0 aromatic heterocycles. The maximum atomic E-state index is 12.8. The normalized spacial score (nSPS) is 17.6. The van der Waals surface area contributed by atoms with Gasteiger partial charge in [-0.3, -0.25) is 19.8 Å². The summed E-state index contributed by atoms with van der Waals surface area (Å²) in [4.78, 5) is 24.3. The van der Waals surface area contributed by atoms with Crippen LogP contribution in [0.25, 0.3) is 0 Å². The highest BCUT2D eigenvalue weighted by Crippen LogP contribution is 2.27.